The van der Waals surface area contributed by atoms with Gasteiger partial charge in [-0.3, -0.25) is 19.7 Å². The molecule has 0 bridgehead atoms. The van der Waals surface area contributed by atoms with Gasteiger partial charge >= 0.3 is 0 Å². The third-order valence-electron chi connectivity index (χ3n) is 3.73. The first kappa shape index (κ1) is 19.0. The molecule has 0 spiro atoms. The number of carbonyl (C=O) groups is 2. The molecule has 0 fully saturated rings. The fraction of sp³-hybridized carbons (Fsp3) is 0. The number of nitro groups is 1. The van der Waals surface area contributed by atoms with Crippen LogP contribution in [-0.2, 0) is 0 Å². The molecular weight excluding hydrogens is 384 g/mol. The Morgan fingerprint density at radius 3 is 2.43 bits per heavy atom. The highest BCUT2D eigenvalue weighted by Gasteiger charge is 2.18. The van der Waals surface area contributed by atoms with Gasteiger partial charge in [0.2, 0.25) is 0 Å². The van der Waals surface area contributed by atoms with E-state index in [9.17, 15) is 19.7 Å². The molecular formula is C19H13ClN4O4. The van der Waals surface area contributed by atoms with Crippen molar-refractivity contribution in [3.8, 4) is 0 Å². The maximum atomic E-state index is 12.5. The molecule has 3 aromatic rings. The topological polar surface area (TPSA) is 114 Å². The van der Waals surface area contributed by atoms with E-state index in [1.54, 1.807) is 36.4 Å². The van der Waals surface area contributed by atoms with Crippen LogP contribution >= 0.6 is 11.6 Å². The van der Waals surface area contributed by atoms with Gasteiger partial charge in [-0.05, 0) is 36.4 Å². The van der Waals surface area contributed by atoms with Gasteiger partial charge in [-0.15, -0.1) is 0 Å². The fourth-order valence-corrected chi connectivity index (χ4v) is 2.59. The van der Waals surface area contributed by atoms with Crippen LogP contribution in [-0.4, -0.2) is 21.7 Å². The van der Waals surface area contributed by atoms with E-state index in [2.05, 4.69) is 15.6 Å². The van der Waals surface area contributed by atoms with Crippen LogP contribution in [0.5, 0.6) is 0 Å². The number of anilines is 2. The van der Waals surface area contributed by atoms with E-state index in [1.807, 2.05) is 0 Å². The molecule has 0 radical (unpaired) electrons. The normalized spacial score (nSPS) is 10.2. The van der Waals surface area contributed by atoms with Gasteiger partial charge in [-0.25, -0.2) is 4.98 Å². The van der Waals surface area contributed by atoms with Gasteiger partial charge in [0.05, 0.1) is 16.2 Å². The third-order valence-corrected chi connectivity index (χ3v) is 4.05. The molecule has 28 heavy (non-hydrogen) atoms. The lowest BCUT2D eigenvalue weighted by Gasteiger charge is -2.11. The van der Waals surface area contributed by atoms with Crippen molar-refractivity contribution in [1.29, 1.82) is 0 Å². The van der Waals surface area contributed by atoms with Crippen molar-refractivity contribution in [2.45, 2.75) is 0 Å². The first-order valence-corrected chi connectivity index (χ1v) is 8.40. The predicted molar refractivity (Wildman–Crippen MR) is 105 cm³/mol. The smallest absolute Gasteiger partial charge is 0.288 e. The summed E-state index contributed by atoms with van der Waals surface area (Å²) in [7, 11) is 0. The molecule has 0 atom stereocenters. The number of benzene rings is 2. The number of nitro benzene ring substituents is 1. The Morgan fingerprint density at radius 2 is 1.71 bits per heavy atom. The molecule has 8 nitrogen and oxygen atoms in total. The highest BCUT2D eigenvalue weighted by Crippen LogP contribution is 2.26. The summed E-state index contributed by atoms with van der Waals surface area (Å²) in [5.74, 6) is -0.712. The van der Waals surface area contributed by atoms with Crippen LogP contribution < -0.4 is 10.6 Å². The Kier molecular flexibility index (Phi) is 5.61. The molecule has 0 saturated heterocycles. The minimum atomic E-state index is -0.673. The van der Waals surface area contributed by atoms with Crippen molar-refractivity contribution in [3.05, 3.63) is 93.1 Å². The zero-order valence-corrected chi connectivity index (χ0v) is 15.0. The SMILES string of the molecule is O=C(Nc1ccccc1C(=O)Nc1ccccn1)c1ccc(Cl)c([N+](=O)[O-])c1. The summed E-state index contributed by atoms with van der Waals surface area (Å²) < 4.78 is 0. The van der Waals surface area contributed by atoms with Crippen LogP contribution in [0.2, 0.25) is 5.02 Å². The van der Waals surface area contributed by atoms with Crippen molar-refractivity contribution in [3.63, 3.8) is 0 Å². The number of nitrogens with one attached hydrogen (secondary N) is 2. The van der Waals surface area contributed by atoms with Crippen molar-refractivity contribution in [2.24, 2.45) is 0 Å². The number of halogens is 1. The van der Waals surface area contributed by atoms with Gasteiger partial charge in [0.25, 0.3) is 17.5 Å². The van der Waals surface area contributed by atoms with Gasteiger partial charge in [0.1, 0.15) is 10.8 Å². The van der Waals surface area contributed by atoms with Crippen LogP contribution in [0, 0.1) is 10.1 Å². The predicted octanol–water partition coefficient (Wildman–Crippen LogP) is 4.15. The summed E-state index contributed by atoms with van der Waals surface area (Å²) in [6.07, 6.45) is 1.54. The summed E-state index contributed by atoms with van der Waals surface area (Å²) in [5, 5.41) is 16.2. The van der Waals surface area contributed by atoms with Crippen LogP contribution in [0.15, 0.2) is 66.9 Å². The monoisotopic (exact) mass is 396 g/mol. The van der Waals surface area contributed by atoms with Crippen molar-refractivity contribution >= 4 is 40.6 Å². The lowest BCUT2D eigenvalue weighted by Crippen LogP contribution is -2.18. The van der Waals surface area contributed by atoms with Gasteiger partial charge < -0.3 is 10.6 Å². The summed E-state index contributed by atoms with van der Waals surface area (Å²) in [6, 6.07) is 15.2. The van der Waals surface area contributed by atoms with Crippen LogP contribution in [0.25, 0.3) is 0 Å². The lowest BCUT2D eigenvalue weighted by atomic mass is 10.1. The van der Waals surface area contributed by atoms with E-state index in [-0.39, 0.29) is 27.5 Å². The second kappa shape index (κ2) is 8.28. The lowest BCUT2D eigenvalue weighted by molar-refractivity contribution is -0.384. The van der Waals surface area contributed by atoms with Crippen molar-refractivity contribution in [1.82, 2.24) is 4.98 Å². The molecule has 9 heteroatoms. The van der Waals surface area contributed by atoms with E-state index in [1.165, 1.54) is 24.4 Å². The Labute approximate surface area is 164 Å². The Balaban J connectivity index is 1.83. The molecule has 0 aliphatic heterocycles. The molecule has 0 unspecified atom stereocenters. The van der Waals surface area contributed by atoms with E-state index < -0.39 is 16.7 Å². The van der Waals surface area contributed by atoms with Gasteiger partial charge in [0.15, 0.2) is 0 Å². The van der Waals surface area contributed by atoms with Crippen LogP contribution in [0.1, 0.15) is 20.7 Å². The zero-order valence-electron chi connectivity index (χ0n) is 14.3. The number of amides is 2. The molecule has 3 rings (SSSR count). The van der Waals surface area contributed by atoms with E-state index in [4.69, 9.17) is 11.6 Å². The minimum Gasteiger partial charge on any atom is -0.321 e. The number of hydrogen-bond acceptors (Lipinski definition) is 5. The third kappa shape index (κ3) is 4.30. The first-order valence-electron chi connectivity index (χ1n) is 8.02. The average molecular weight is 397 g/mol. The van der Waals surface area contributed by atoms with E-state index in [0.717, 1.165) is 6.07 Å². The molecule has 140 valence electrons. The quantitative estimate of drug-likeness (QED) is 0.496. The minimum absolute atomic E-state index is 0.0380. The number of pyridine rings is 1. The van der Waals surface area contributed by atoms with Crippen molar-refractivity contribution in [2.75, 3.05) is 10.6 Å². The summed E-state index contributed by atoms with van der Waals surface area (Å²) >= 11 is 5.77. The van der Waals surface area contributed by atoms with Gasteiger partial charge in [0, 0.05) is 17.8 Å². The number of nitrogens with zero attached hydrogens (tertiary/aromatic N) is 2. The number of rotatable bonds is 5. The van der Waals surface area contributed by atoms with Crippen LogP contribution in [0.4, 0.5) is 17.2 Å². The molecule has 0 aliphatic rings. The fourth-order valence-electron chi connectivity index (χ4n) is 2.40. The Hall–Kier alpha value is -3.78. The first-order chi connectivity index (χ1) is 13.5. The maximum absolute atomic E-state index is 12.5. The molecule has 0 aliphatic carbocycles. The number of carbonyl (C=O) groups excluding carboxylic acids is 2. The van der Waals surface area contributed by atoms with Gasteiger partial charge in [-0.1, -0.05) is 29.8 Å². The Morgan fingerprint density at radius 1 is 0.964 bits per heavy atom. The highest BCUT2D eigenvalue weighted by molar-refractivity contribution is 6.32. The molecule has 2 amide bonds. The maximum Gasteiger partial charge on any atom is 0.288 e. The molecule has 2 aromatic carbocycles. The molecule has 1 heterocycles. The highest BCUT2D eigenvalue weighted by atomic mass is 35.5. The average Bonchev–Trinajstić information content (AvgIpc) is 2.69. The van der Waals surface area contributed by atoms with E-state index in [0.29, 0.717) is 5.82 Å². The molecule has 2 N–H and O–H groups in total. The van der Waals surface area contributed by atoms with Crippen LogP contribution in [0.3, 0.4) is 0 Å². The summed E-state index contributed by atoms with van der Waals surface area (Å²) in [6.45, 7) is 0. The number of hydrogen-bond donors (Lipinski definition) is 2. The second-order valence-electron chi connectivity index (χ2n) is 5.59. The van der Waals surface area contributed by atoms with Gasteiger partial charge in [-0.2, -0.15) is 0 Å². The van der Waals surface area contributed by atoms with Crippen molar-refractivity contribution < 1.29 is 14.5 Å². The summed E-state index contributed by atoms with van der Waals surface area (Å²) in [5.41, 5.74) is 0.120. The largest absolute Gasteiger partial charge is 0.321 e. The molecule has 1 aromatic heterocycles. The Bertz CT molecular complexity index is 1060. The molecule has 0 saturated carbocycles. The number of aromatic nitrogens is 1. The second-order valence-corrected chi connectivity index (χ2v) is 6.00. The standard InChI is InChI=1S/C19H13ClN4O4/c20-14-9-8-12(11-16(14)24(27)28)18(25)22-15-6-2-1-5-13(15)19(26)23-17-7-3-4-10-21-17/h1-11H,(H,22,25)(H,21,23,26). The number of para-hydroxylation sites is 1. The summed E-state index contributed by atoms with van der Waals surface area (Å²) in [4.78, 5) is 39.4. The zero-order chi connectivity index (χ0) is 20.1. The van der Waals surface area contributed by atoms with E-state index >= 15 is 0 Å².